The lowest BCUT2D eigenvalue weighted by Gasteiger charge is -1.86. The van der Waals surface area contributed by atoms with Crippen LogP contribution in [0.25, 0.3) is 20.3 Å². The number of hydrogen-bond acceptors (Lipinski definition) is 3. The molecule has 2 heterocycles. The number of thiophene rings is 1. The first kappa shape index (κ1) is 6.97. The van der Waals surface area contributed by atoms with Gasteiger partial charge < -0.3 is 0 Å². The first-order valence-corrected chi connectivity index (χ1v) is 4.77. The molecule has 0 atom stereocenters. The summed E-state index contributed by atoms with van der Waals surface area (Å²) >= 11 is 1.68. The van der Waals surface area contributed by atoms with Gasteiger partial charge in [0.2, 0.25) is 0 Å². The quantitative estimate of drug-likeness (QED) is 0.538. The molecule has 0 aliphatic carbocycles. The Morgan fingerprint density at radius 2 is 2.08 bits per heavy atom. The summed E-state index contributed by atoms with van der Waals surface area (Å²) in [4.78, 5) is 9.02. The van der Waals surface area contributed by atoms with Crippen LogP contribution in [0.3, 0.4) is 0 Å². The van der Waals surface area contributed by atoms with Crippen LogP contribution < -0.4 is 0 Å². The maximum atomic E-state index is 4.10. The molecule has 0 spiro atoms. The second-order valence-electron chi connectivity index (χ2n) is 2.79. The molecular weight excluding hydrogens is 180 g/mol. The fraction of sp³-hybridized carbons (Fsp3) is 0. The maximum absolute atomic E-state index is 4.10. The Kier molecular flexibility index (Phi) is 1.34. The smallest absolute Gasteiger partial charge is 0.199 e. The average molecular weight is 185 g/mol. The van der Waals surface area contributed by atoms with Gasteiger partial charge >= 0.3 is 0 Å². The normalized spacial score (nSPS) is 11.1. The molecule has 0 bridgehead atoms. The summed E-state index contributed by atoms with van der Waals surface area (Å²) in [5.41, 5.74) is 0. The summed E-state index contributed by atoms with van der Waals surface area (Å²) in [6.45, 7) is 0. The van der Waals surface area contributed by atoms with Crippen LogP contribution in [0.15, 0.2) is 30.5 Å². The summed E-state index contributed by atoms with van der Waals surface area (Å²) in [6, 6.07) is 8.26. The van der Waals surface area contributed by atoms with Crippen LogP contribution in [0.5, 0.6) is 0 Å². The molecule has 0 amide bonds. The van der Waals surface area contributed by atoms with Crippen LogP contribution in [-0.4, -0.2) is 9.97 Å². The van der Waals surface area contributed by atoms with Crippen molar-refractivity contribution in [3.63, 3.8) is 0 Å². The highest BCUT2D eigenvalue weighted by molar-refractivity contribution is 7.25. The van der Waals surface area contributed by atoms with Crippen molar-refractivity contribution in [2.24, 2.45) is 0 Å². The number of hydrogen-bond donors (Lipinski definition) is 0. The van der Waals surface area contributed by atoms with Gasteiger partial charge in [0.15, 0.2) is 6.33 Å². The van der Waals surface area contributed by atoms with Crippen LogP contribution in [-0.2, 0) is 0 Å². The lowest BCUT2D eigenvalue weighted by atomic mass is 10.2. The number of fused-ring (bicyclic) bond motifs is 3. The van der Waals surface area contributed by atoms with Crippen LogP contribution in [0, 0.1) is 6.33 Å². The lowest BCUT2D eigenvalue weighted by Crippen LogP contribution is -1.74. The molecule has 0 unspecified atom stereocenters. The molecule has 0 saturated heterocycles. The van der Waals surface area contributed by atoms with Crippen LogP contribution in [0.2, 0.25) is 0 Å². The van der Waals surface area contributed by atoms with Gasteiger partial charge in [-0.1, -0.05) is 18.2 Å². The van der Waals surface area contributed by atoms with Crippen molar-refractivity contribution < 1.29 is 0 Å². The molecule has 61 valence electrons. The first-order valence-electron chi connectivity index (χ1n) is 3.95. The maximum Gasteiger partial charge on any atom is 0.199 e. The second kappa shape index (κ2) is 2.50. The van der Waals surface area contributed by atoms with Gasteiger partial charge in [-0.2, -0.15) is 0 Å². The van der Waals surface area contributed by atoms with E-state index in [1.54, 1.807) is 11.3 Å². The Labute approximate surface area is 78.9 Å². The number of aromatic nitrogens is 2. The predicted molar refractivity (Wildman–Crippen MR) is 53.8 cm³/mol. The highest BCUT2D eigenvalue weighted by atomic mass is 32.1. The molecule has 13 heavy (non-hydrogen) atoms. The van der Waals surface area contributed by atoms with Crippen molar-refractivity contribution in [2.75, 3.05) is 0 Å². The van der Waals surface area contributed by atoms with Crippen LogP contribution in [0.4, 0.5) is 0 Å². The van der Waals surface area contributed by atoms with Crippen LogP contribution >= 0.6 is 11.3 Å². The fourth-order valence-electron chi connectivity index (χ4n) is 1.43. The van der Waals surface area contributed by atoms with Crippen molar-refractivity contribution in [3.05, 3.63) is 36.8 Å². The van der Waals surface area contributed by atoms with Crippen molar-refractivity contribution in [3.8, 4) is 0 Å². The third-order valence-corrected chi connectivity index (χ3v) is 3.10. The Bertz CT molecular complexity index is 521. The molecule has 1 radical (unpaired) electrons. The molecule has 3 aromatic rings. The topological polar surface area (TPSA) is 25.8 Å². The molecule has 2 nitrogen and oxygen atoms in total. The SMILES string of the molecule is [c]1ncc2c(n1)sc1ccccc12. The Morgan fingerprint density at radius 3 is 3.08 bits per heavy atom. The third-order valence-electron chi connectivity index (χ3n) is 2.02. The molecule has 0 aliphatic heterocycles. The molecule has 3 heteroatoms. The minimum Gasteiger partial charge on any atom is -0.233 e. The number of benzene rings is 1. The van der Waals surface area contributed by atoms with Gasteiger partial charge in [-0.25, -0.2) is 9.97 Å². The van der Waals surface area contributed by atoms with Gasteiger partial charge in [0.25, 0.3) is 0 Å². The Balaban J connectivity index is 2.64. The van der Waals surface area contributed by atoms with E-state index in [2.05, 4.69) is 28.4 Å². The summed E-state index contributed by atoms with van der Waals surface area (Å²) in [5.74, 6) is 0. The third kappa shape index (κ3) is 0.939. The highest BCUT2D eigenvalue weighted by Gasteiger charge is 2.03. The second-order valence-corrected chi connectivity index (χ2v) is 3.82. The standard InChI is InChI=1S/C10H5N2S/c1-2-4-9-7(3-1)8-5-11-6-12-10(8)13-9/h1-5H. The van der Waals surface area contributed by atoms with E-state index in [0.29, 0.717) is 0 Å². The first-order chi connectivity index (χ1) is 6.45. The molecule has 0 saturated carbocycles. The zero-order valence-corrected chi connectivity index (χ0v) is 7.51. The molecular formula is C10H5N2S. The number of nitrogens with zero attached hydrogens (tertiary/aromatic N) is 2. The monoisotopic (exact) mass is 185 g/mol. The average Bonchev–Trinajstić information content (AvgIpc) is 2.56. The Morgan fingerprint density at radius 1 is 1.15 bits per heavy atom. The number of rotatable bonds is 0. The van der Waals surface area contributed by atoms with E-state index < -0.39 is 0 Å². The largest absolute Gasteiger partial charge is 0.233 e. The minimum absolute atomic E-state index is 1.01. The Hall–Kier alpha value is -1.48. The zero-order chi connectivity index (χ0) is 8.67. The molecule has 3 rings (SSSR count). The van der Waals surface area contributed by atoms with Gasteiger partial charge in [-0.05, 0) is 6.07 Å². The van der Waals surface area contributed by atoms with Gasteiger partial charge in [-0.3, -0.25) is 0 Å². The van der Waals surface area contributed by atoms with E-state index in [1.807, 2.05) is 18.3 Å². The van der Waals surface area contributed by atoms with Gasteiger partial charge in [0, 0.05) is 21.7 Å². The highest BCUT2D eigenvalue weighted by Crippen LogP contribution is 2.30. The zero-order valence-electron chi connectivity index (χ0n) is 6.69. The van der Waals surface area contributed by atoms with Gasteiger partial charge in [0.05, 0.1) is 0 Å². The van der Waals surface area contributed by atoms with Crippen molar-refractivity contribution in [2.45, 2.75) is 0 Å². The van der Waals surface area contributed by atoms with Gasteiger partial charge in [-0.15, -0.1) is 11.3 Å². The minimum atomic E-state index is 1.01. The van der Waals surface area contributed by atoms with E-state index in [0.717, 1.165) is 10.2 Å². The molecule has 2 aromatic heterocycles. The summed E-state index contributed by atoms with van der Waals surface area (Å²) in [6.07, 6.45) is 4.43. The van der Waals surface area contributed by atoms with Crippen molar-refractivity contribution >= 4 is 31.6 Å². The van der Waals surface area contributed by atoms with E-state index in [-0.39, 0.29) is 0 Å². The molecule has 0 fully saturated rings. The van der Waals surface area contributed by atoms with Gasteiger partial charge in [0.1, 0.15) is 4.83 Å². The van der Waals surface area contributed by atoms with E-state index in [4.69, 9.17) is 0 Å². The summed E-state index contributed by atoms with van der Waals surface area (Å²) < 4.78 is 1.26. The molecule has 0 N–H and O–H groups in total. The summed E-state index contributed by atoms with van der Waals surface area (Å²) in [7, 11) is 0. The lowest BCUT2D eigenvalue weighted by molar-refractivity contribution is 1.21. The summed E-state index contributed by atoms with van der Waals surface area (Å²) in [5, 5.41) is 2.36. The van der Waals surface area contributed by atoms with Crippen molar-refractivity contribution in [1.29, 1.82) is 0 Å². The van der Waals surface area contributed by atoms with E-state index in [9.17, 15) is 0 Å². The predicted octanol–water partition coefficient (Wildman–Crippen LogP) is 2.64. The molecule has 0 aliphatic rings. The van der Waals surface area contributed by atoms with E-state index >= 15 is 0 Å². The fourth-order valence-corrected chi connectivity index (χ4v) is 2.43. The van der Waals surface area contributed by atoms with Crippen molar-refractivity contribution in [1.82, 2.24) is 9.97 Å². The van der Waals surface area contributed by atoms with Crippen LogP contribution in [0.1, 0.15) is 0 Å². The van der Waals surface area contributed by atoms with E-state index in [1.165, 1.54) is 10.1 Å². The molecule has 1 aromatic carbocycles.